The number of hydrazone groups is 1. The van der Waals surface area contributed by atoms with Crippen LogP contribution in [0.5, 0.6) is 5.75 Å². The van der Waals surface area contributed by atoms with Gasteiger partial charge < -0.3 is 10.1 Å². The summed E-state index contributed by atoms with van der Waals surface area (Å²) in [6.07, 6.45) is 3.14. The Kier molecular flexibility index (Phi) is 7.39. The number of halogens is 1. The summed E-state index contributed by atoms with van der Waals surface area (Å²) in [7, 11) is 0. The first-order valence-corrected chi connectivity index (χ1v) is 8.15. The van der Waals surface area contributed by atoms with Gasteiger partial charge in [-0.1, -0.05) is 36.4 Å². The lowest BCUT2D eigenvalue weighted by atomic mass is 10.2. The summed E-state index contributed by atoms with van der Waals surface area (Å²) >= 11 is 5.76. The molecule has 0 saturated heterocycles. The highest BCUT2D eigenvalue weighted by atomic mass is 35.5. The van der Waals surface area contributed by atoms with Crippen LogP contribution in [-0.2, 0) is 4.79 Å². The first-order valence-electron chi connectivity index (χ1n) is 7.78. The van der Waals surface area contributed by atoms with Gasteiger partial charge in [-0.2, -0.15) is 5.10 Å². The number of carbonyl (C=O) groups excluding carboxylic acids is 2. The van der Waals surface area contributed by atoms with Crippen LogP contribution in [-0.4, -0.2) is 31.2 Å². The molecular weight excluding hydrogens is 354 g/mol. The van der Waals surface area contributed by atoms with Gasteiger partial charge in [0.2, 0.25) is 0 Å². The second kappa shape index (κ2) is 10.0. The number of rotatable bonds is 8. The Labute approximate surface area is 156 Å². The van der Waals surface area contributed by atoms with E-state index in [2.05, 4.69) is 22.4 Å². The Morgan fingerprint density at radius 1 is 1.19 bits per heavy atom. The van der Waals surface area contributed by atoms with Gasteiger partial charge in [0, 0.05) is 10.6 Å². The smallest absolute Gasteiger partial charge is 0.259 e. The molecule has 2 aromatic carbocycles. The molecular formula is C19H18ClN3O3. The monoisotopic (exact) mass is 371 g/mol. The number of nitrogens with one attached hydrogen (secondary N) is 2. The van der Waals surface area contributed by atoms with E-state index in [1.165, 1.54) is 6.21 Å². The zero-order valence-electron chi connectivity index (χ0n) is 13.9. The van der Waals surface area contributed by atoms with Gasteiger partial charge in [-0.3, -0.25) is 9.59 Å². The van der Waals surface area contributed by atoms with Gasteiger partial charge in [0.1, 0.15) is 12.4 Å². The van der Waals surface area contributed by atoms with E-state index in [1.54, 1.807) is 36.4 Å². The number of hydrogen-bond donors (Lipinski definition) is 2. The summed E-state index contributed by atoms with van der Waals surface area (Å²) in [4.78, 5) is 23.6. The fourth-order valence-corrected chi connectivity index (χ4v) is 2.05. The quantitative estimate of drug-likeness (QED) is 0.425. The van der Waals surface area contributed by atoms with Crippen molar-refractivity contribution < 1.29 is 14.3 Å². The third-order valence-electron chi connectivity index (χ3n) is 3.14. The topological polar surface area (TPSA) is 79.8 Å². The van der Waals surface area contributed by atoms with Crippen LogP contribution < -0.4 is 15.5 Å². The minimum atomic E-state index is -0.442. The van der Waals surface area contributed by atoms with Crippen LogP contribution in [0.25, 0.3) is 0 Å². The summed E-state index contributed by atoms with van der Waals surface area (Å²) in [5, 5.41) is 6.89. The molecule has 0 spiro atoms. The van der Waals surface area contributed by atoms with E-state index in [0.717, 1.165) is 5.56 Å². The molecule has 2 amide bonds. The van der Waals surface area contributed by atoms with Crippen molar-refractivity contribution in [2.24, 2.45) is 5.10 Å². The highest BCUT2D eigenvalue weighted by Gasteiger charge is 2.07. The van der Waals surface area contributed by atoms with Crippen LogP contribution in [0.1, 0.15) is 15.9 Å². The van der Waals surface area contributed by atoms with Crippen molar-refractivity contribution in [1.29, 1.82) is 0 Å². The maximum Gasteiger partial charge on any atom is 0.259 e. The number of carbonyl (C=O) groups is 2. The summed E-state index contributed by atoms with van der Waals surface area (Å²) < 4.78 is 5.41. The van der Waals surface area contributed by atoms with E-state index in [4.69, 9.17) is 16.3 Å². The minimum Gasteiger partial charge on any atom is -0.490 e. The van der Waals surface area contributed by atoms with Crippen molar-refractivity contribution in [2.45, 2.75) is 0 Å². The molecule has 7 heteroatoms. The van der Waals surface area contributed by atoms with Gasteiger partial charge in [0.25, 0.3) is 11.8 Å². The molecule has 6 nitrogen and oxygen atoms in total. The third kappa shape index (κ3) is 6.41. The van der Waals surface area contributed by atoms with Crippen molar-refractivity contribution in [1.82, 2.24) is 10.7 Å². The number of hydrogen-bond acceptors (Lipinski definition) is 4. The van der Waals surface area contributed by atoms with Crippen molar-refractivity contribution in [2.75, 3.05) is 13.2 Å². The molecule has 0 radical (unpaired) electrons. The number of amides is 2. The number of benzene rings is 2. The van der Waals surface area contributed by atoms with Crippen LogP contribution in [0.4, 0.5) is 0 Å². The standard InChI is InChI=1S/C19H18ClN3O3/c1-2-10-26-17-5-3-4-14(11-17)12-22-23-18(24)13-21-19(25)15-6-8-16(20)9-7-15/h2-9,11-12H,1,10,13H2,(H,21,25)(H,23,24). The van der Waals surface area contributed by atoms with E-state index in [9.17, 15) is 9.59 Å². The molecule has 0 aliphatic rings. The number of ether oxygens (including phenoxy) is 1. The Bertz CT molecular complexity index is 804. The van der Waals surface area contributed by atoms with Crippen LogP contribution in [0.2, 0.25) is 5.02 Å². The summed E-state index contributed by atoms with van der Waals surface area (Å²) in [6.45, 7) is 3.80. The van der Waals surface area contributed by atoms with Gasteiger partial charge in [-0.05, 0) is 42.0 Å². The van der Waals surface area contributed by atoms with Crippen molar-refractivity contribution in [3.8, 4) is 5.75 Å². The molecule has 2 rings (SSSR count). The molecule has 0 atom stereocenters. The zero-order chi connectivity index (χ0) is 18.8. The average Bonchev–Trinajstić information content (AvgIpc) is 2.65. The summed E-state index contributed by atoms with van der Waals surface area (Å²) in [5.74, 6) is -0.133. The molecule has 0 aromatic heterocycles. The Morgan fingerprint density at radius 2 is 1.96 bits per heavy atom. The second-order valence-electron chi connectivity index (χ2n) is 5.15. The molecule has 26 heavy (non-hydrogen) atoms. The molecule has 2 N–H and O–H groups in total. The normalized spacial score (nSPS) is 10.3. The van der Waals surface area contributed by atoms with Gasteiger partial charge in [0.05, 0.1) is 12.8 Å². The molecule has 2 aromatic rings. The van der Waals surface area contributed by atoms with E-state index in [0.29, 0.717) is 22.9 Å². The third-order valence-corrected chi connectivity index (χ3v) is 3.40. The largest absolute Gasteiger partial charge is 0.490 e. The van der Waals surface area contributed by atoms with Crippen molar-refractivity contribution in [3.63, 3.8) is 0 Å². The molecule has 0 unspecified atom stereocenters. The van der Waals surface area contributed by atoms with Gasteiger partial charge in [-0.15, -0.1) is 0 Å². The lowest BCUT2D eigenvalue weighted by Gasteiger charge is -2.05. The molecule has 0 aliphatic heterocycles. The lowest BCUT2D eigenvalue weighted by molar-refractivity contribution is -0.120. The highest BCUT2D eigenvalue weighted by molar-refractivity contribution is 6.30. The summed E-state index contributed by atoms with van der Waals surface area (Å²) in [6, 6.07) is 13.6. The predicted molar refractivity (Wildman–Crippen MR) is 102 cm³/mol. The van der Waals surface area contributed by atoms with Crippen LogP contribution >= 0.6 is 11.6 Å². The molecule has 0 aliphatic carbocycles. The van der Waals surface area contributed by atoms with Gasteiger partial charge in [0.15, 0.2) is 0 Å². The average molecular weight is 372 g/mol. The van der Waals surface area contributed by atoms with Gasteiger partial charge >= 0.3 is 0 Å². The lowest BCUT2D eigenvalue weighted by Crippen LogP contribution is -2.34. The Hall–Kier alpha value is -3.12. The predicted octanol–water partition coefficient (Wildman–Crippen LogP) is 2.78. The van der Waals surface area contributed by atoms with Crippen LogP contribution in [0, 0.1) is 0 Å². The summed E-state index contributed by atoms with van der Waals surface area (Å²) in [5.41, 5.74) is 3.53. The molecule has 134 valence electrons. The van der Waals surface area contributed by atoms with E-state index in [-0.39, 0.29) is 12.5 Å². The van der Waals surface area contributed by atoms with Gasteiger partial charge in [-0.25, -0.2) is 5.43 Å². The minimum absolute atomic E-state index is 0.193. The van der Waals surface area contributed by atoms with Crippen molar-refractivity contribution in [3.05, 3.63) is 77.3 Å². The zero-order valence-corrected chi connectivity index (χ0v) is 14.7. The first kappa shape index (κ1) is 19.2. The van der Waals surface area contributed by atoms with Crippen LogP contribution in [0.3, 0.4) is 0 Å². The fraction of sp³-hybridized carbons (Fsp3) is 0.105. The van der Waals surface area contributed by atoms with Crippen LogP contribution in [0.15, 0.2) is 66.3 Å². The van der Waals surface area contributed by atoms with E-state index < -0.39 is 5.91 Å². The second-order valence-corrected chi connectivity index (χ2v) is 5.59. The maximum absolute atomic E-state index is 11.9. The molecule has 0 bridgehead atoms. The van der Waals surface area contributed by atoms with E-state index in [1.807, 2.05) is 18.2 Å². The Morgan fingerprint density at radius 3 is 2.69 bits per heavy atom. The molecule has 0 heterocycles. The SMILES string of the molecule is C=CCOc1cccc(C=NNC(=O)CNC(=O)c2ccc(Cl)cc2)c1. The van der Waals surface area contributed by atoms with Crippen molar-refractivity contribution >= 4 is 29.6 Å². The first-order chi connectivity index (χ1) is 12.6. The number of nitrogens with zero attached hydrogens (tertiary/aromatic N) is 1. The Balaban J connectivity index is 1.79. The molecule has 0 fully saturated rings. The highest BCUT2D eigenvalue weighted by Crippen LogP contribution is 2.12. The van der Waals surface area contributed by atoms with E-state index >= 15 is 0 Å². The maximum atomic E-state index is 11.9. The molecule has 0 saturated carbocycles. The fourth-order valence-electron chi connectivity index (χ4n) is 1.92.